The number of morpholine rings is 1. The Labute approximate surface area is 183 Å². The van der Waals surface area contributed by atoms with Gasteiger partial charge in [-0.2, -0.15) is 0 Å². The van der Waals surface area contributed by atoms with Crippen molar-refractivity contribution in [3.63, 3.8) is 0 Å². The number of carbonyl (C=O) groups excluding carboxylic acids is 1. The van der Waals surface area contributed by atoms with E-state index in [0.29, 0.717) is 6.54 Å². The van der Waals surface area contributed by atoms with Gasteiger partial charge in [-0.25, -0.2) is 0 Å². The molecule has 2 fully saturated rings. The zero-order valence-corrected chi connectivity index (χ0v) is 18.2. The van der Waals surface area contributed by atoms with Crippen LogP contribution in [-0.4, -0.2) is 53.7 Å². The van der Waals surface area contributed by atoms with Crippen molar-refractivity contribution in [2.24, 2.45) is 0 Å². The summed E-state index contributed by atoms with van der Waals surface area (Å²) < 4.78 is 6.26. The minimum Gasteiger partial charge on any atom is -0.360 e. The number of amides is 1. The second-order valence-corrected chi connectivity index (χ2v) is 8.13. The van der Waals surface area contributed by atoms with Gasteiger partial charge in [0.25, 0.3) is 5.91 Å². The summed E-state index contributed by atoms with van der Waals surface area (Å²) in [6.45, 7) is 5.33. The highest BCUT2D eigenvalue weighted by Gasteiger charge is 2.45. The number of para-hydroxylation sites is 1. The number of pyridine rings is 1. The summed E-state index contributed by atoms with van der Waals surface area (Å²) in [6, 6.07) is 13.7. The van der Waals surface area contributed by atoms with Crippen LogP contribution < -0.4 is 4.90 Å². The van der Waals surface area contributed by atoms with E-state index >= 15 is 0 Å². The van der Waals surface area contributed by atoms with E-state index in [2.05, 4.69) is 9.88 Å². The molecule has 0 saturated carbocycles. The molecule has 2 saturated heterocycles. The molecule has 0 radical (unpaired) electrons. The number of benzene rings is 1. The third-order valence-electron chi connectivity index (χ3n) is 5.82. The van der Waals surface area contributed by atoms with Gasteiger partial charge in [0.05, 0.1) is 22.9 Å². The number of likely N-dealkylation sites (tertiary alicyclic amines) is 1. The van der Waals surface area contributed by atoms with Crippen molar-refractivity contribution >= 4 is 35.6 Å². The summed E-state index contributed by atoms with van der Waals surface area (Å²) in [7, 11) is 0. The lowest BCUT2D eigenvalue weighted by Gasteiger charge is -2.49. The molecular formula is C22H27Cl2N3O2. The van der Waals surface area contributed by atoms with Crippen LogP contribution in [0, 0.1) is 0 Å². The molecule has 156 valence electrons. The SMILES string of the molecule is CC1OC2(CCN(CCc3ncccc3Cl)CC2)CN(c2ccccc2)C1=O.Cl. The van der Waals surface area contributed by atoms with Crippen LogP contribution in [0.25, 0.3) is 0 Å². The highest BCUT2D eigenvalue weighted by Crippen LogP contribution is 2.35. The summed E-state index contributed by atoms with van der Waals surface area (Å²) in [5.74, 6) is 0.0454. The topological polar surface area (TPSA) is 45.7 Å². The molecular weight excluding hydrogens is 409 g/mol. The molecule has 2 aliphatic rings. The van der Waals surface area contributed by atoms with Gasteiger partial charge >= 0.3 is 0 Å². The molecule has 2 aromatic rings. The Morgan fingerprint density at radius 1 is 1.17 bits per heavy atom. The molecule has 0 N–H and O–H groups in total. The Balaban J connectivity index is 0.00000240. The number of anilines is 1. The van der Waals surface area contributed by atoms with Crippen LogP contribution in [0.3, 0.4) is 0 Å². The first kappa shape index (κ1) is 22.0. The number of rotatable bonds is 4. The van der Waals surface area contributed by atoms with E-state index in [1.54, 1.807) is 6.20 Å². The highest BCUT2D eigenvalue weighted by molar-refractivity contribution is 6.31. The summed E-state index contributed by atoms with van der Waals surface area (Å²) in [5, 5.41) is 0.734. The quantitative estimate of drug-likeness (QED) is 0.728. The second-order valence-electron chi connectivity index (χ2n) is 7.73. The average Bonchev–Trinajstić information content (AvgIpc) is 2.72. The fourth-order valence-electron chi connectivity index (χ4n) is 4.20. The van der Waals surface area contributed by atoms with Gasteiger partial charge in [0, 0.05) is 37.9 Å². The Morgan fingerprint density at radius 2 is 1.90 bits per heavy atom. The lowest BCUT2D eigenvalue weighted by molar-refractivity contribution is -0.161. The van der Waals surface area contributed by atoms with Crippen LogP contribution in [0.5, 0.6) is 0 Å². The average molecular weight is 436 g/mol. The van der Waals surface area contributed by atoms with E-state index < -0.39 is 6.10 Å². The molecule has 5 nitrogen and oxygen atoms in total. The van der Waals surface area contributed by atoms with E-state index in [4.69, 9.17) is 16.3 Å². The Hall–Kier alpha value is -1.66. The molecule has 1 unspecified atom stereocenters. The maximum Gasteiger partial charge on any atom is 0.255 e. The molecule has 29 heavy (non-hydrogen) atoms. The van der Waals surface area contributed by atoms with Crippen molar-refractivity contribution in [3.05, 3.63) is 59.4 Å². The number of hydrogen-bond acceptors (Lipinski definition) is 4. The fourth-order valence-corrected chi connectivity index (χ4v) is 4.42. The summed E-state index contributed by atoms with van der Waals surface area (Å²) >= 11 is 6.22. The highest BCUT2D eigenvalue weighted by atomic mass is 35.5. The number of halogens is 2. The zero-order valence-electron chi connectivity index (χ0n) is 16.6. The molecule has 4 rings (SSSR count). The van der Waals surface area contributed by atoms with Crippen molar-refractivity contribution in [1.82, 2.24) is 9.88 Å². The predicted molar refractivity (Wildman–Crippen MR) is 118 cm³/mol. The van der Waals surface area contributed by atoms with Gasteiger partial charge in [0.1, 0.15) is 6.10 Å². The molecule has 0 bridgehead atoms. The van der Waals surface area contributed by atoms with Crippen molar-refractivity contribution in [2.45, 2.75) is 37.9 Å². The van der Waals surface area contributed by atoms with Gasteiger partial charge in [-0.1, -0.05) is 29.8 Å². The third kappa shape index (κ3) is 4.92. The molecule has 3 heterocycles. The first-order valence-electron chi connectivity index (χ1n) is 9.92. The maximum absolute atomic E-state index is 12.7. The zero-order chi connectivity index (χ0) is 19.6. The summed E-state index contributed by atoms with van der Waals surface area (Å²) in [4.78, 5) is 21.4. The molecule has 1 aromatic carbocycles. The van der Waals surface area contributed by atoms with E-state index in [0.717, 1.165) is 55.3 Å². The largest absolute Gasteiger partial charge is 0.360 e. The third-order valence-corrected chi connectivity index (χ3v) is 6.17. The number of nitrogens with zero attached hydrogens (tertiary/aromatic N) is 3. The number of hydrogen-bond donors (Lipinski definition) is 0. The van der Waals surface area contributed by atoms with E-state index in [9.17, 15) is 4.79 Å². The molecule has 2 aliphatic heterocycles. The first-order chi connectivity index (χ1) is 13.6. The number of carbonyl (C=O) groups is 1. The van der Waals surface area contributed by atoms with Crippen molar-refractivity contribution < 1.29 is 9.53 Å². The predicted octanol–water partition coefficient (Wildman–Crippen LogP) is 3.99. The van der Waals surface area contributed by atoms with Gasteiger partial charge in [-0.05, 0) is 44.0 Å². The normalized spacial score (nSPS) is 21.8. The van der Waals surface area contributed by atoms with E-state index in [1.165, 1.54) is 0 Å². The van der Waals surface area contributed by atoms with Crippen LogP contribution in [-0.2, 0) is 16.0 Å². The van der Waals surface area contributed by atoms with Gasteiger partial charge in [-0.3, -0.25) is 9.78 Å². The monoisotopic (exact) mass is 435 g/mol. The number of aromatic nitrogens is 1. The Morgan fingerprint density at radius 3 is 2.59 bits per heavy atom. The first-order valence-corrected chi connectivity index (χ1v) is 10.3. The standard InChI is InChI=1S/C22H26ClN3O2.ClH/c1-17-21(27)26(18-6-3-2-4-7-18)16-22(28-17)10-14-25(15-11-22)13-9-20-19(23)8-5-12-24-20;/h2-8,12,17H,9-11,13-16H2,1H3;1H. The molecule has 1 aromatic heterocycles. The minimum absolute atomic E-state index is 0. The molecule has 1 spiro atoms. The maximum atomic E-state index is 12.7. The lowest BCUT2D eigenvalue weighted by atomic mass is 9.88. The molecule has 7 heteroatoms. The molecule has 0 aliphatic carbocycles. The lowest BCUT2D eigenvalue weighted by Crippen LogP contribution is -2.61. The smallest absolute Gasteiger partial charge is 0.255 e. The number of piperidine rings is 1. The minimum atomic E-state index is -0.409. The van der Waals surface area contributed by atoms with Crippen LogP contribution in [0.1, 0.15) is 25.5 Å². The van der Waals surface area contributed by atoms with Gasteiger partial charge in [-0.15, -0.1) is 12.4 Å². The molecule has 1 amide bonds. The van der Waals surface area contributed by atoms with Crippen molar-refractivity contribution in [2.75, 3.05) is 31.1 Å². The van der Waals surface area contributed by atoms with Crippen LogP contribution >= 0.6 is 24.0 Å². The van der Waals surface area contributed by atoms with Crippen molar-refractivity contribution in [1.29, 1.82) is 0 Å². The van der Waals surface area contributed by atoms with Crippen molar-refractivity contribution in [3.8, 4) is 0 Å². The molecule has 1 atom stereocenters. The van der Waals surface area contributed by atoms with Gasteiger partial charge < -0.3 is 14.5 Å². The Bertz CT molecular complexity index is 826. The van der Waals surface area contributed by atoms with E-state index in [-0.39, 0.29) is 23.9 Å². The number of ether oxygens (including phenoxy) is 1. The second kappa shape index (κ2) is 9.43. The fraction of sp³-hybridized carbons (Fsp3) is 0.455. The van der Waals surface area contributed by atoms with Crippen LogP contribution in [0.15, 0.2) is 48.7 Å². The Kier molecular flexibility index (Phi) is 7.17. The van der Waals surface area contributed by atoms with Gasteiger partial charge in [0.15, 0.2) is 0 Å². The summed E-state index contributed by atoms with van der Waals surface area (Å²) in [5.41, 5.74) is 1.64. The van der Waals surface area contributed by atoms with E-state index in [1.807, 2.05) is 54.3 Å². The summed E-state index contributed by atoms with van der Waals surface area (Å²) in [6.07, 6.45) is 4.07. The van der Waals surface area contributed by atoms with Gasteiger partial charge in [0.2, 0.25) is 0 Å². The van der Waals surface area contributed by atoms with Crippen LogP contribution in [0.2, 0.25) is 5.02 Å². The van der Waals surface area contributed by atoms with Crippen LogP contribution in [0.4, 0.5) is 5.69 Å².